The van der Waals surface area contributed by atoms with Crippen LogP contribution in [0.5, 0.6) is 0 Å². The van der Waals surface area contributed by atoms with Crippen LogP contribution in [0, 0.1) is 0 Å². The third kappa shape index (κ3) is 4.83. The van der Waals surface area contributed by atoms with Crippen LogP contribution in [0.2, 0.25) is 0 Å². The number of hydrogen-bond donors (Lipinski definition) is 1. The Hall–Kier alpha value is -3.39. The van der Waals surface area contributed by atoms with Crippen molar-refractivity contribution >= 4 is 17.1 Å². The Bertz CT molecular complexity index is 967. The van der Waals surface area contributed by atoms with Gasteiger partial charge in [-0.3, -0.25) is 0 Å². The van der Waals surface area contributed by atoms with E-state index in [0.29, 0.717) is 12.0 Å². The molecule has 0 spiro atoms. The van der Waals surface area contributed by atoms with Crippen LogP contribution in [-0.4, -0.2) is 11.1 Å². The van der Waals surface area contributed by atoms with Gasteiger partial charge in [0.2, 0.25) is 0 Å². The van der Waals surface area contributed by atoms with Gasteiger partial charge in [-0.25, -0.2) is 4.79 Å². The largest absolute Gasteiger partial charge is 0.478 e. The lowest BCUT2D eigenvalue weighted by Crippen LogP contribution is -1.98. The molecule has 0 radical (unpaired) electrons. The number of rotatable bonds is 6. The maximum atomic E-state index is 11.3. The number of benzene rings is 3. The number of allylic oxidation sites excluding steroid dienone is 4. The van der Waals surface area contributed by atoms with E-state index in [9.17, 15) is 9.90 Å². The summed E-state index contributed by atoms with van der Waals surface area (Å²) in [7, 11) is 0. The first-order valence-electron chi connectivity index (χ1n) is 8.97. The molecule has 0 heterocycles. The summed E-state index contributed by atoms with van der Waals surface area (Å²) in [5.74, 6) is -0.902. The van der Waals surface area contributed by atoms with Crippen molar-refractivity contribution in [1.29, 1.82) is 0 Å². The predicted octanol–water partition coefficient (Wildman–Crippen LogP) is 6.11. The van der Waals surface area contributed by atoms with Crippen molar-refractivity contribution in [2.75, 3.05) is 0 Å². The van der Waals surface area contributed by atoms with Crippen molar-refractivity contribution in [3.8, 4) is 0 Å². The van der Waals surface area contributed by atoms with E-state index in [-0.39, 0.29) is 0 Å². The minimum absolute atomic E-state index is 0.314. The van der Waals surface area contributed by atoms with Gasteiger partial charge in [-0.05, 0) is 53.3 Å². The Morgan fingerprint density at radius 2 is 1.41 bits per heavy atom. The van der Waals surface area contributed by atoms with E-state index in [4.69, 9.17) is 0 Å². The quantitative estimate of drug-likeness (QED) is 0.542. The minimum Gasteiger partial charge on any atom is -0.478 e. The second-order valence-corrected chi connectivity index (χ2v) is 6.33. The smallest absolute Gasteiger partial charge is 0.335 e. The summed E-state index contributed by atoms with van der Waals surface area (Å²) in [6.45, 7) is 2.03. The lowest BCUT2D eigenvalue weighted by atomic mass is 9.93. The topological polar surface area (TPSA) is 37.3 Å². The SMILES string of the molecule is C/C=C(\C=C(/Cc1cccc(C(=O)O)c1)c1ccccc1)c1ccccc1. The molecule has 0 aromatic heterocycles. The van der Waals surface area contributed by atoms with Crippen molar-refractivity contribution in [3.63, 3.8) is 0 Å². The average Bonchev–Trinajstić information content (AvgIpc) is 2.72. The summed E-state index contributed by atoms with van der Waals surface area (Å²) in [6, 6.07) is 27.6. The molecule has 3 aromatic rings. The summed E-state index contributed by atoms with van der Waals surface area (Å²) < 4.78 is 0. The standard InChI is InChI=1S/C25H22O2/c1-2-20(21-11-5-3-6-12-21)18-24(22-13-7-4-8-14-22)17-19-10-9-15-23(16-19)25(26)27/h2-16,18H,17H2,1H3,(H,26,27)/b20-2+,24-18+. The molecule has 134 valence electrons. The first-order valence-corrected chi connectivity index (χ1v) is 8.97. The van der Waals surface area contributed by atoms with Crippen molar-refractivity contribution in [2.45, 2.75) is 13.3 Å². The highest BCUT2D eigenvalue weighted by Crippen LogP contribution is 2.26. The van der Waals surface area contributed by atoms with Gasteiger partial charge in [0, 0.05) is 0 Å². The van der Waals surface area contributed by atoms with Crippen LogP contribution < -0.4 is 0 Å². The fourth-order valence-corrected chi connectivity index (χ4v) is 3.07. The third-order valence-electron chi connectivity index (χ3n) is 4.46. The molecular weight excluding hydrogens is 332 g/mol. The second-order valence-electron chi connectivity index (χ2n) is 6.33. The molecule has 0 amide bonds. The summed E-state index contributed by atoms with van der Waals surface area (Å²) in [5.41, 5.74) is 5.88. The summed E-state index contributed by atoms with van der Waals surface area (Å²) >= 11 is 0. The van der Waals surface area contributed by atoms with Gasteiger partial charge < -0.3 is 5.11 Å². The van der Waals surface area contributed by atoms with Gasteiger partial charge in [-0.2, -0.15) is 0 Å². The van der Waals surface area contributed by atoms with E-state index in [0.717, 1.165) is 27.8 Å². The van der Waals surface area contributed by atoms with Crippen LogP contribution >= 0.6 is 0 Å². The zero-order valence-electron chi connectivity index (χ0n) is 15.3. The number of carboxylic acid groups (broad SMARTS) is 1. The molecule has 27 heavy (non-hydrogen) atoms. The highest BCUT2D eigenvalue weighted by atomic mass is 16.4. The van der Waals surface area contributed by atoms with Crippen LogP contribution in [0.4, 0.5) is 0 Å². The van der Waals surface area contributed by atoms with Crippen molar-refractivity contribution < 1.29 is 9.90 Å². The molecule has 0 bridgehead atoms. The minimum atomic E-state index is -0.902. The molecule has 0 saturated heterocycles. The van der Waals surface area contributed by atoms with Crippen LogP contribution in [0.15, 0.2) is 97.1 Å². The molecule has 0 saturated carbocycles. The van der Waals surface area contributed by atoms with Gasteiger partial charge in [-0.15, -0.1) is 0 Å². The van der Waals surface area contributed by atoms with E-state index in [1.807, 2.05) is 49.4 Å². The lowest BCUT2D eigenvalue weighted by molar-refractivity contribution is 0.0697. The Morgan fingerprint density at radius 3 is 2.00 bits per heavy atom. The highest BCUT2D eigenvalue weighted by molar-refractivity contribution is 5.88. The van der Waals surface area contributed by atoms with Crippen LogP contribution in [0.25, 0.3) is 11.1 Å². The Labute approximate surface area is 160 Å². The lowest BCUT2D eigenvalue weighted by Gasteiger charge is -2.11. The zero-order chi connectivity index (χ0) is 19.1. The second kappa shape index (κ2) is 8.81. The molecule has 3 aromatic carbocycles. The van der Waals surface area contributed by atoms with Crippen molar-refractivity contribution in [3.05, 3.63) is 119 Å². The van der Waals surface area contributed by atoms with Gasteiger partial charge in [0.05, 0.1) is 5.56 Å². The van der Waals surface area contributed by atoms with E-state index in [1.54, 1.807) is 18.2 Å². The molecule has 2 heteroatoms. The van der Waals surface area contributed by atoms with Crippen molar-refractivity contribution in [2.24, 2.45) is 0 Å². The first kappa shape index (κ1) is 18.4. The van der Waals surface area contributed by atoms with Gasteiger partial charge in [-0.1, -0.05) is 84.9 Å². The summed E-state index contributed by atoms with van der Waals surface area (Å²) in [5, 5.41) is 9.27. The van der Waals surface area contributed by atoms with Crippen molar-refractivity contribution in [1.82, 2.24) is 0 Å². The zero-order valence-corrected chi connectivity index (χ0v) is 15.3. The molecule has 2 nitrogen and oxygen atoms in total. The van der Waals surface area contributed by atoms with E-state index in [2.05, 4.69) is 36.4 Å². The van der Waals surface area contributed by atoms with E-state index >= 15 is 0 Å². The van der Waals surface area contributed by atoms with Gasteiger partial charge in [0.1, 0.15) is 0 Å². The van der Waals surface area contributed by atoms with Gasteiger partial charge in [0.15, 0.2) is 0 Å². The highest BCUT2D eigenvalue weighted by Gasteiger charge is 2.08. The first-order chi connectivity index (χ1) is 13.2. The number of hydrogen-bond acceptors (Lipinski definition) is 1. The number of carbonyl (C=O) groups is 1. The Morgan fingerprint density at radius 1 is 0.815 bits per heavy atom. The molecule has 1 N–H and O–H groups in total. The van der Waals surface area contributed by atoms with Crippen LogP contribution in [0.3, 0.4) is 0 Å². The van der Waals surface area contributed by atoms with Gasteiger partial charge in [0.25, 0.3) is 0 Å². The Balaban J connectivity index is 2.02. The van der Waals surface area contributed by atoms with Gasteiger partial charge >= 0.3 is 5.97 Å². The maximum Gasteiger partial charge on any atom is 0.335 e. The summed E-state index contributed by atoms with van der Waals surface area (Å²) in [4.78, 5) is 11.3. The molecule has 0 atom stereocenters. The number of aromatic carboxylic acids is 1. The normalized spacial score (nSPS) is 12.0. The molecule has 0 aliphatic carbocycles. The average molecular weight is 354 g/mol. The van der Waals surface area contributed by atoms with Crippen LogP contribution in [-0.2, 0) is 6.42 Å². The fourth-order valence-electron chi connectivity index (χ4n) is 3.07. The van der Waals surface area contributed by atoms with E-state index < -0.39 is 5.97 Å². The third-order valence-corrected chi connectivity index (χ3v) is 4.46. The van der Waals surface area contributed by atoms with E-state index in [1.165, 1.54) is 0 Å². The molecule has 3 rings (SSSR count). The molecule has 0 aliphatic heterocycles. The summed E-state index contributed by atoms with van der Waals surface area (Å²) in [6.07, 6.45) is 4.96. The Kier molecular flexibility index (Phi) is 6.01. The maximum absolute atomic E-state index is 11.3. The fraction of sp³-hybridized carbons (Fsp3) is 0.0800. The predicted molar refractivity (Wildman–Crippen MR) is 112 cm³/mol. The molecule has 0 aliphatic rings. The molecule has 0 fully saturated rings. The molecular formula is C25H22O2. The molecule has 0 unspecified atom stereocenters. The monoisotopic (exact) mass is 354 g/mol. The van der Waals surface area contributed by atoms with Crippen LogP contribution in [0.1, 0.15) is 34.0 Å². The number of carboxylic acids is 1.